The van der Waals surface area contributed by atoms with E-state index in [1.165, 1.54) is 12.0 Å². The molecule has 1 aromatic heterocycles. The number of nitrogens with one attached hydrogen (secondary N) is 1. The number of ether oxygens (including phenoxy) is 1. The van der Waals surface area contributed by atoms with Gasteiger partial charge < -0.3 is 4.74 Å². The third-order valence-electron chi connectivity index (χ3n) is 2.31. The fraction of sp³-hybridized carbons (Fsp3) is 0.200. The van der Waals surface area contributed by atoms with E-state index in [2.05, 4.69) is 15.4 Å². The molecule has 2 aromatic rings. The minimum absolute atomic E-state index is 0.0611. The van der Waals surface area contributed by atoms with Gasteiger partial charge in [0, 0.05) is 11.6 Å². The number of aromatic amines is 1. The Balaban J connectivity index is 2.96. The number of carbonyl (C=O) groups excluding carboxylic acids is 1. The van der Waals surface area contributed by atoms with Crippen LogP contribution in [0.1, 0.15) is 12.5 Å². The molecule has 0 saturated heterocycles. The molecular formula is C10H9N3O5S. The molecule has 0 saturated carbocycles. The molecular weight excluding hydrogens is 274 g/mol. The van der Waals surface area contributed by atoms with Crippen molar-refractivity contribution in [1.29, 1.82) is 0 Å². The zero-order valence-corrected chi connectivity index (χ0v) is 10.6. The van der Waals surface area contributed by atoms with Crippen molar-refractivity contribution >= 4 is 33.2 Å². The number of aromatic nitrogens is 3. The molecule has 1 heterocycles. The van der Waals surface area contributed by atoms with E-state index in [9.17, 15) is 17.8 Å². The van der Waals surface area contributed by atoms with Crippen molar-refractivity contribution < 1.29 is 22.5 Å². The van der Waals surface area contributed by atoms with E-state index < -0.39 is 15.0 Å². The Labute approximate surface area is 107 Å². The molecule has 0 radical (unpaired) electrons. The quantitative estimate of drug-likeness (QED) is 0.616. The number of rotatable bonds is 4. The van der Waals surface area contributed by atoms with E-state index in [0.717, 1.165) is 6.08 Å². The van der Waals surface area contributed by atoms with Gasteiger partial charge in [-0.2, -0.15) is 23.8 Å². The molecule has 0 amide bonds. The Morgan fingerprint density at radius 3 is 2.84 bits per heavy atom. The molecule has 9 heteroatoms. The summed E-state index contributed by atoms with van der Waals surface area (Å²) in [7, 11) is -4.59. The number of hydrogen-bond acceptors (Lipinski definition) is 6. The van der Waals surface area contributed by atoms with E-state index in [1.54, 1.807) is 6.92 Å². The predicted molar refractivity (Wildman–Crippen MR) is 65.0 cm³/mol. The highest BCUT2D eigenvalue weighted by Gasteiger charge is 2.26. The summed E-state index contributed by atoms with van der Waals surface area (Å²) in [5.74, 6) is 1.37. The first-order valence-electron chi connectivity index (χ1n) is 5.17. The average molecular weight is 283 g/mol. The second-order valence-electron chi connectivity index (χ2n) is 3.49. The fourth-order valence-corrected chi connectivity index (χ4v) is 2.47. The van der Waals surface area contributed by atoms with E-state index >= 15 is 0 Å². The summed E-state index contributed by atoms with van der Waals surface area (Å²) < 4.78 is 37.5. The molecule has 0 unspecified atom stereocenters. The van der Waals surface area contributed by atoms with Crippen LogP contribution >= 0.6 is 0 Å². The number of hydrogen-bond donors (Lipinski definition) is 2. The van der Waals surface area contributed by atoms with Gasteiger partial charge >= 0.3 is 10.1 Å². The maximum atomic E-state index is 11.5. The summed E-state index contributed by atoms with van der Waals surface area (Å²) in [5, 5.41) is 9.63. The van der Waals surface area contributed by atoms with Crippen molar-refractivity contribution in [2.75, 3.05) is 6.61 Å². The van der Waals surface area contributed by atoms with Crippen LogP contribution < -0.4 is 4.74 Å². The highest BCUT2D eigenvalue weighted by molar-refractivity contribution is 7.86. The van der Waals surface area contributed by atoms with Crippen LogP contribution in [-0.2, 0) is 14.9 Å². The molecule has 0 fully saturated rings. The summed E-state index contributed by atoms with van der Waals surface area (Å²) in [4.78, 5) is 9.95. The molecule has 2 rings (SSSR count). The van der Waals surface area contributed by atoms with Crippen LogP contribution in [0.2, 0.25) is 0 Å². The maximum Gasteiger partial charge on any atom is 0.300 e. The predicted octanol–water partition coefficient (Wildman–Crippen LogP) is 0.448. The van der Waals surface area contributed by atoms with Crippen molar-refractivity contribution in [3.63, 3.8) is 0 Å². The first kappa shape index (κ1) is 13.2. The van der Waals surface area contributed by atoms with Crippen LogP contribution in [0.3, 0.4) is 0 Å². The summed E-state index contributed by atoms with van der Waals surface area (Å²) in [6, 6.07) is 1.41. The van der Waals surface area contributed by atoms with E-state index in [1.807, 2.05) is 0 Å². The van der Waals surface area contributed by atoms with Crippen molar-refractivity contribution in [3.8, 4) is 5.75 Å². The Bertz CT molecular complexity index is 774. The fourth-order valence-electron chi connectivity index (χ4n) is 1.66. The number of benzene rings is 1. The topological polar surface area (TPSA) is 122 Å². The first-order chi connectivity index (χ1) is 8.99. The Morgan fingerprint density at radius 1 is 1.53 bits per heavy atom. The van der Waals surface area contributed by atoms with Gasteiger partial charge in [0.2, 0.25) is 0 Å². The smallest absolute Gasteiger partial charge is 0.300 e. The highest BCUT2D eigenvalue weighted by Crippen LogP contribution is 2.34. The van der Waals surface area contributed by atoms with Gasteiger partial charge in [-0.3, -0.25) is 4.55 Å². The molecule has 0 aliphatic carbocycles. The van der Waals surface area contributed by atoms with E-state index in [-0.39, 0.29) is 29.0 Å². The van der Waals surface area contributed by atoms with Crippen LogP contribution in [0.25, 0.3) is 17.1 Å². The summed E-state index contributed by atoms with van der Waals surface area (Å²) >= 11 is 0. The number of H-pyrrole nitrogens is 1. The lowest BCUT2D eigenvalue weighted by Gasteiger charge is -2.10. The SMILES string of the molecule is CCOc1c(C=C=O)cc2n[nH]nc2c1S(=O)(=O)O. The van der Waals surface area contributed by atoms with Gasteiger partial charge in [0.15, 0.2) is 10.6 Å². The second kappa shape index (κ2) is 4.81. The Kier molecular flexibility index (Phi) is 3.34. The van der Waals surface area contributed by atoms with Gasteiger partial charge in [-0.05, 0) is 13.0 Å². The molecule has 0 atom stereocenters. The largest absolute Gasteiger partial charge is 0.492 e. The molecule has 0 aliphatic heterocycles. The second-order valence-corrected chi connectivity index (χ2v) is 4.84. The molecule has 2 N–H and O–H groups in total. The zero-order valence-electron chi connectivity index (χ0n) is 9.74. The van der Waals surface area contributed by atoms with Crippen LogP contribution in [0.4, 0.5) is 0 Å². The van der Waals surface area contributed by atoms with Crippen molar-refractivity contribution in [2.45, 2.75) is 11.8 Å². The van der Waals surface area contributed by atoms with Gasteiger partial charge in [-0.25, -0.2) is 4.79 Å². The summed E-state index contributed by atoms with van der Waals surface area (Å²) in [5.41, 5.74) is 0.262. The lowest BCUT2D eigenvalue weighted by molar-refractivity contribution is 0.329. The molecule has 0 spiro atoms. The van der Waals surface area contributed by atoms with Crippen LogP contribution in [0.15, 0.2) is 11.0 Å². The van der Waals surface area contributed by atoms with Gasteiger partial charge in [0.25, 0.3) is 0 Å². The lowest BCUT2D eigenvalue weighted by atomic mass is 10.1. The Morgan fingerprint density at radius 2 is 2.26 bits per heavy atom. The number of nitrogens with zero attached hydrogens (tertiary/aromatic N) is 2. The van der Waals surface area contributed by atoms with Crippen LogP contribution in [-0.4, -0.2) is 40.9 Å². The minimum Gasteiger partial charge on any atom is -0.492 e. The molecule has 100 valence electrons. The van der Waals surface area contributed by atoms with E-state index in [0.29, 0.717) is 0 Å². The molecule has 8 nitrogen and oxygen atoms in total. The summed E-state index contributed by atoms with van der Waals surface area (Å²) in [6.07, 6.45) is 0.994. The molecule has 1 aromatic carbocycles. The van der Waals surface area contributed by atoms with Crippen molar-refractivity contribution in [2.24, 2.45) is 0 Å². The van der Waals surface area contributed by atoms with Crippen molar-refractivity contribution in [3.05, 3.63) is 11.6 Å². The Hall–Kier alpha value is -2.22. The van der Waals surface area contributed by atoms with Crippen molar-refractivity contribution in [1.82, 2.24) is 15.4 Å². The van der Waals surface area contributed by atoms with Gasteiger partial charge in [-0.1, -0.05) is 0 Å². The third-order valence-corrected chi connectivity index (χ3v) is 3.21. The highest BCUT2D eigenvalue weighted by atomic mass is 32.2. The number of fused-ring (bicyclic) bond motifs is 1. The average Bonchev–Trinajstić information content (AvgIpc) is 2.75. The monoisotopic (exact) mass is 283 g/mol. The van der Waals surface area contributed by atoms with Gasteiger partial charge in [-0.15, -0.1) is 0 Å². The van der Waals surface area contributed by atoms with Gasteiger partial charge in [0.1, 0.15) is 17.0 Å². The van der Waals surface area contributed by atoms with Gasteiger partial charge in [0.05, 0.1) is 6.61 Å². The summed E-state index contributed by atoms with van der Waals surface area (Å²) in [6.45, 7) is 1.78. The molecule has 19 heavy (non-hydrogen) atoms. The zero-order chi connectivity index (χ0) is 14.0. The minimum atomic E-state index is -4.59. The normalized spacial score (nSPS) is 11.3. The third kappa shape index (κ3) is 2.34. The maximum absolute atomic E-state index is 11.5. The van der Waals surface area contributed by atoms with E-state index in [4.69, 9.17) is 4.74 Å². The standard InChI is InChI=1S/C10H9N3O5S/c1-2-18-9-6(3-4-14)5-7-8(12-13-11-7)10(9)19(15,16)17/h3,5H,2H2,1H3,(H,11,12,13)(H,15,16,17). The first-order valence-corrected chi connectivity index (χ1v) is 6.61. The molecule has 0 bridgehead atoms. The van der Waals surface area contributed by atoms with Crippen LogP contribution in [0, 0.1) is 0 Å². The molecule has 0 aliphatic rings. The van der Waals surface area contributed by atoms with Crippen LogP contribution in [0.5, 0.6) is 5.75 Å². The lowest BCUT2D eigenvalue weighted by Crippen LogP contribution is -2.06.